The maximum atomic E-state index is 12.0. The molecule has 2 rings (SSSR count). The van der Waals surface area contributed by atoms with E-state index in [9.17, 15) is 18.0 Å². The highest BCUT2D eigenvalue weighted by Gasteiger charge is 2.26. The van der Waals surface area contributed by atoms with Crippen LogP contribution in [0, 0.1) is 0 Å². The average molecular weight is 505 g/mol. The first-order valence-corrected chi connectivity index (χ1v) is 8.97. The fourth-order valence-electron chi connectivity index (χ4n) is 1.75. The van der Waals surface area contributed by atoms with Crippen LogP contribution in [0.3, 0.4) is 0 Å². The molecule has 1 amide bonds. The summed E-state index contributed by atoms with van der Waals surface area (Å²) in [4.78, 5) is 16.0. The van der Waals surface area contributed by atoms with Crippen molar-refractivity contribution in [3.05, 3.63) is 40.2 Å². The molecule has 138 valence electrons. The number of thiazole rings is 1. The van der Waals surface area contributed by atoms with Crippen LogP contribution >= 0.6 is 43.9 Å². The van der Waals surface area contributed by atoms with E-state index >= 15 is 0 Å². The first-order valence-electron chi connectivity index (χ1n) is 6.80. The number of rotatable bonds is 5. The van der Waals surface area contributed by atoms with Gasteiger partial charge < -0.3 is 11.1 Å². The van der Waals surface area contributed by atoms with Gasteiger partial charge in [-0.15, -0.1) is 11.3 Å². The third-order valence-corrected chi connectivity index (χ3v) is 3.73. The van der Waals surface area contributed by atoms with Crippen LogP contribution in [0.5, 0.6) is 0 Å². The predicted octanol–water partition coefficient (Wildman–Crippen LogP) is 4.57. The molecule has 1 aromatic heterocycles. The van der Waals surface area contributed by atoms with Gasteiger partial charge in [-0.25, -0.2) is 7.90 Å². The monoisotopic (exact) mass is 503 g/mol. The summed E-state index contributed by atoms with van der Waals surface area (Å²) < 4.78 is 39.9. The lowest BCUT2D eigenvalue weighted by Gasteiger charge is -2.08. The molecule has 0 saturated carbocycles. The number of carbonyl (C=O) groups is 1. The first-order chi connectivity index (χ1) is 11.8. The van der Waals surface area contributed by atoms with Crippen molar-refractivity contribution in [3.8, 4) is 11.3 Å². The molecule has 0 atom stereocenters. The lowest BCUT2D eigenvalue weighted by atomic mass is 10.1. The van der Waals surface area contributed by atoms with Gasteiger partial charge in [-0.3, -0.25) is 4.79 Å². The van der Waals surface area contributed by atoms with Crippen molar-refractivity contribution < 1.29 is 20.9 Å². The summed E-state index contributed by atoms with van der Waals surface area (Å²) in [6.45, 7) is -0.0691. The van der Waals surface area contributed by atoms with Crippen molar-refractivity contribution in [3.63, 3.8) is 0 Å². The van der Waals surface area contributed by atoms with E-state index in [0.717, 1.165) is 16.3 Å². The van der Waals surface area contributed by atoms with Gasteiger partial charge in [-0.05, 0) is 12.1 Å². The Kier molecular flexibility index (Phi) is 9.57. The summed E-state index contributed by atoms with van der Waals surface area (Å²) in [6.07, 6.45) is -5.32. The summed E-state index contributed by atoms with van der Waals surface area (Å²) in [5.74, 6) is -0.531. The second kappa shape index (κ2) is 10.9. The Labute approximate surface area is 163 Å². The smallest absolute Gasteiger partial charge is 0.352 e. The normalized spacial score (nSPS) is 10.8. The van der Waals surface area contributed by atoms with Crippen molar-refractivity contribution in [2.75, 3.05) is 6.54 Å². The molecule has 0 aliphatic heterocycles. The molecule has 0 aliphatic rings. The number of nitrogens with zero attached hydrogens (tertiary/aromatic N) is 1. The fourth-order valence-corrected chi connectivity index (χ4v) is 2.43. The van der Waals surface area contributed by atoms with Crippen LogP contribution in [0.15, 0.2) is 29.6 Å². The van der Waals surface area contributed by atoms with Crippen LogP contribution in [0.25, 0.3) is 11.3 Å². The second-order valence-corrected chi connectivity index (χ2v) is 7.05. The molecule has 3 N–H and O–H groups in total. The molecule has 0 spiro atoms. The van der Waals surface area contributed by atoms with Crippen LogP contribution < -0.4 is 11.1 Å². The third kappa shape index (κ3) is 8.27. The SMILES string of the molecule is BrOBr.NCc1nc(-c2ccc(C(=O)NCCC(F)(F)F)cc2)cs1. The van der Waals surface area contributed by atoms with Gasteiger partial charge in [0.1, 0.15) is 37.5 Å². The van der Waals surface area contributed by atoms with Crippen molar-refractivity contribution in [1.82, 2.24) is 10.3 Å². The molecule has 1 aromatic carbocycles. The summed E-state index contributed by atoms with van der Waals surface area (Å²) >= 11 is 6.57. The number of alkyl halides is 3. The highest BCUT2D eigenvalue weighted by atomic mass is 79.9. The Morgan fingerprint density at radius 3 is 2.36 bits per heavy atom. The standard InChI is InChI=1S/C14H14F3N3OS.Br2O/c15-14(16,17)5-6-19-13(21)10-3-1-9(2-4-10)11-8-22-12(7-18)20-11;1-3-2/h1-4,8H,5-7,18H2,(H,19,21);. The van der Waals surface area contributed by atoms with Gasteiger partial charge in [-0.1, -0.05) is 12.1 Å². The Morgan fingerprint density at radius 2 is 1.88 bits per heavy atom. The number of halogens is 5. The minimum atomic E-state index is -4.28. The molecule has 0 unspecified atom stereocenters. The van der Waals surface area contributed by atoms with Gasteiger partial charge in [0.2, 0.25) is 0 Å². The van der Waals surface area contributed by atoms with E-state index in [2.05, 4.69) is 45.7 Å². The summed E-state index contributed by atoms with van der Waals surface area (Å²) in [6, 6.07) is 6.52. The van der Waals surface area contributed by atoms with Gasteiger partial charge in [0.05, 0.1) is 12.1 Å². The maximum Gasteiger partial charge on any atom is 0.390 e. The number of benzene rings is 1. The van der Waals surface area contributed by atoms with Crippen molar-refractivity contribution in [1.29, 1.82) is 0 Å². The Bertz CT molecular complexity index is 666. The molecule has 2 aromatic rings. The van der Waals surface area contributed by atoms with Crippen LogP contribution in [0.4, 0.5) is 13.2 Å². The van der Waals surface area contributed by atoms with Crippen molar-refractivity contribution >= 4 is 49.8 Å². The number of aromatic nitrogens is 1. The number of nitrogens with two attached hydrogens (primary N) is 1. The Morgan fingerprint density at radius 1 is 1.28 bits per heavy atom. The third-order valence-electron chi connectivity index (χ3n) is 2.86. The molecule has 0 radical (unpaired) electrons. The molecule has 0 bridgehead atoms. The number of nitrogens with one attached hydrogen (secondary N) is 1. The van der Waals surface area contributed by atoms with Gasteiger partial charge in [0, 0.05) is 29.6 Å². The molecule has 5 nitrogen and oxygen atoms in total. The molecule has 11 heteroatoms. The van der Waals surface area contributed by atoms with Crippen LogP contribution in [-0.2, 0) is 9.46 Å². The summed E-state index contributed by atoms with van der Waals surface area (Å²) in [7, 11) is 0. The van der Waals surface area contributed by atoms with E-state index in [0.29, 0.717) is 12.1 Å². The quantitative estimate of drug-likeness (QED) is 0.625. The Hall–Kier alpha value is -1.01. The van der Waals surface area contributed by atoms with E-state index in [1.165, 1.54) is 11.3 Å². The fraction of sp³-hybridized carbons (Fsp3) is 0.286. The van der Waals surface area contributed by atoms with E-state index in [4.69, 9.17) is 5.73 Å². The first kappa shape index (κ1) is 22.0. The van der Waals surface area contributed by atoms with Gasteiger partial charge >= 0.3 is 6.18 Å². The zero-order valence-electron chi connectivity index (χ0n) is 12.6. The zero-order chi connectivity index (χ0) is 18.9. The van der Waals surface area contributed by atoms with E-state index in [1.807, 2.05) is 5.38 Å². The lowest BCUT2D eigenvalue weighted by Crippen LogP contribution is -2.27. The molecular formula is C14H14Br2F3N3O2S. The number of amides is 1. The molecule has 0 saturated heterocycles. The van der Waals surface area contributed by atoms with Crippen LogP contribution in [0.1, 0.15) is 21.8 Å². The molecule has 1 heterocycles. The zero-order valence-corrected chi connectivity index (χ0v) is 16.6. The van der Waals surface area contributed by atoms with Crippen LogP contribution in [-0.4, -0.2) is 23.6 Å². The van der Waals surface area contributed by atoms with Gasteiger partial charge in [0.15, 0.2) is 0 Å². The lowest BCUT2D eigenvalue weighted by molar-refractivity contribution is -0.132. The van der Waals surface area contributed by atoms with Crippen LogP contribution in [0.2, 0.25) is 0 Å². The van der Waals surface area contributed by atoms with E-state index < -0.39 is 25.0 Å². The molecule has 0 fully saturated rings. The van der Waals surface area contributed by atoms with E-state index in [-0.39, 0.29) is 0 Å². The molecule has 0 aliphatic carbocycles. The topological polar surface area (TPSA) is 77.2 Å². The predicted molar refractivity (Wildman–Crippen MR) is 97.4 cm³/mol. The molecule has 25 heavy (non-hydrogen) atoms. The van der Waals surface area contributed by atoms with E-state index in [1.54, 1.807) is 24.3 Å². The average Bonchev–Trinajstić information content (AvgIpc) is 3.03. The summed E-state index contributed by atoms with van der Waals surface area (Å²) in [5, 5.41) is 4.91. The molecular weight excluding hydrogens is 491 g/mol. The number of hydrogen-bond acceptors (Lipinski definition) is 5. The Balaban J connectivity index is 0.000000970. The summed E-state index contributed by atoms with van der Waals surface area (Å²) in [5.41, 5.74) is 7.38. The maximum absolute atomic E-state index is 12.0. The minimum Gasteiger partial charge on any atom is -0.352 e. The van der Waals surface area contributed by atoms with Crippen molar-refractivity contribution in [2.24, 2.45) is 5.73 Å². The highest BCUT2D eigenvalue weighted by Crippen LogP contribution is 2.22. The van der Waals surface area contributed by atoms with Gasteiger partial charge in [0.25, 0.3) is 5.91 Å². The van der Waals surface area contributed by atoms with Gasteiger partial charge in [-0.2, -0.15) is 13.2 Å². The minimum absolute atomic E-state index is 0.306. The second-order valence-electron chi connectivity index (χ2n) is 4.59. The number of hydrogen-bond donors (Lipinski definition) is 2. The number of carbonyl (C=O) groups excluding carboxylic acids is 1. The van der Waals surface area contributed by atoms with Crippen molar-refractivity contribution in [2.45, 2.75) is 19.1 Å². The highest BCUT2D eigenvalue weighted by molar-refractivity contribution is 9.18. The largest absolute Gasteiger partial charge is 0.390 e.